The number of nitrogens with zero attached hydrogens (tertiary/aromatic N) is 2. The molecule has 0 aliphatic rings. The number of rotatable bonds is 5. The summed E-state index contributed by atoms with van der Waals surface area (Å²) in [7, 11) is 0. The van der Waals surface area contributed by atoms with E-state index in [1.807, 2.05) is 60.0 Å². The van der Waals surface area contributed by atoms with Gasteiger partial charge in [-0.05, 0) is 35.2 Å². The first-order valence-electron chi connectivity index (χ1n) is 8.17. The Morgan fingerprint density at radius 1 is 1.04 bits per heavy atom. The van der Waals surface area contributed by atoms with Gasteiger partial charge in [-0.1, -0.05) is 36.4 Å². The van der Waals surface area contributed by atoms with Crippen LogP contribution in [0.2, 0.25) is 0 Å². The molecule has 0 aliphatic heterocycles. The Labute approximate surface area is 154 Å². The SMILES string of the molecule is O=C(NCc1ccnc(-c2cccs2)c1)c1cc(-c2ccccc2)n[nH]1. The summed E-state index contributed by atoms with van der Waals surface area (Å²) in [6, 6.07) is 19.4. The van der Waals surface area contributed by atoms with Crippen LogP contribution in [-0.2, 0) is 6.54 Å². The summed E-state index contributed by atoms with van der Waals surface area (Å²) in [4.78, 5) is 17.9. The minimum absolute atomic E-state index is 0.186. The molecular weight excluding hydrogens is 344 g/mol. The number of nitrogens with one attached hydrogen (secondary N) is 2. The second-order valence-corrected chi connectivity index (χ2v) is 6.69. The smallest absolute Gasteiger partial charge is 0.269 e. The van der Waals surface area contributed by atoms with Crippen molar-refractivity contribution in [1.82, 2.24) is 20.5 Å². The normalized spacial score (nSPS) is 10.6. The molecule has 1 amide bonds. The van der Waals surface area contributed by atoms with Crippen LogP contribution in [0.15, 0.2) is 72.2 Å². The van der Waals surface area contributed by atoms with Crippen molar-refractivity contribution in [3.8, 4) is 21.8 Å². The summed E-state index contributed by atoms with van der Waals surface area (Å²) in [5, 5.41) is 12.0. The number of hydrogen-bond acceptors (Lipinski definition) is 4. The maximum absolute atomic E-state index is 12.4. The van der Waals surface area contributed by atoms with Crippen LogP contribution in [0.1, 0.15) is 16.1 Å². The highest BCUT2D eigenvalue weighted by molar-refractivity contribution is 7.13. The predicted octanol–water partition coefficient (Wildman–Crippen LogP) is 4.13. The summed E-state index contributed by atoms with van der Waals surface area (Å²) >= 11 is 1.64. The van der Waals surface area contributed by atoms with Gasteiger partial charge < -0.3 is 5.32 Å². The molecule has 0 aliphatic carbocycles. The minimum Gasteiger partial charge on any atom is -0.347 e. The third-order valence-electron chi connectivity index (χ3n) is 3.94. The minimum atomic E-state index is -0.186. The van der Waals surface area contributed by atoms with Crippen molar-refractivity contribution >= 4 is 17.2 Å². The first kappa shape index (κ1) is 16.2. The van der Waals surface area contributed by atoms with Crippen molar-refractivity contribution in [3.05, 3.63) is 83.5 Å². The van der Waals surface area contributed by atoms with Crippen LogP contribution in [0.5, 0.6) is 0 Å². The van der Waals surface area contributed by atoms with Gasteiger partial charge in [0.15, 0.2) is 0 Å². The lowest BCUT2D eigenvalue weighted by molar-refractivity contribution is 0.0946. The number of carbonyl (C=O) groups is 1. The third-order valence-corrected chi connectivity index (χ3v) is 4.84. The Hall–Kier alpha value is -3.25. The van der Waals surface area contributed by atoms with Gasteiger partial charge in [-0.25, -0.2) is 0 Å². The molecule has 128 valence electrons. The van der Waals surface area contributed by atoms with Gasteiger partial charge >= 0.3 is 0 Å². The number of aromatic nitrogens is 3. The van der Waals surface area contributed by atoms with E-state index >= 15 is 0 Å². The molecule has 4 aromatic rings. The molecule has 0 saturated carbocycles. The lowest BCUT2D eigenvalue weighted by atomic mass is 10.1. The molecule has 5 nitrogen and oxygen atoms in total. The summed E-state index contributed by atoms with van der Waals surface area (Å²) in [5.74, 6) is -0.186. The lowest BCUT2D eigenvalue weighted by Gasteiger charge is -2.05. The average Bonchev–Trinajstić information content (AvgIpc) is 3.39. The van der Waals surface area contributed by atoms with Crippen LogP contribution < -0.4 is 5.32 Å². The third kappa shape index (κ3) is 3.55. The Balaban J connectivity index is 1.43. The van der Waals surface area contributed by atoms with E-state index in [4.69, 9.17) is 0 Å². The highest BCUT2D eigenvalue weighted by Crippen LogP contribution is 2.23. The molecule has 0 fully saturated rings. The van der Waals surface area contributed by atoms with Crippen LogP contribution in [0.4, 0.5) is 0 Å². The van der Waals surface area contributed by atoms with E-state index in [1.54, 1.807) is 23.6 Å². The lowest BCUT2D eigenvalue weighted by Crippen LogP contribution is -2.23. The zero-order chi connectivity index (χ0) is 17.8. The van der Waals surface area contributed by atoms with Gasteiger partial charge in [-0.15, -0.1) is 11.3 Å². The molecule has 0 unspecified atom stereocenters. The van der Waals surface area contributed by atoms with E-state index in [2.05, 4.69) is 20.5 Å². The number of thiophene rings is 1. The van der Waals surface area contributed by atoms with Crippen molar-refractivity contribution < 1.29 is 4.79 Å². The summed E-state index contributed by atoms with van der Waals surface area (Å²) in [5.41, 5.74) is 4.08. The Morgan fingerprint density at radius 2 is 1.92 bits per heavy atom. The van der Waals surface area contributed by atoms with E-state index in [0.29, 0.717) is 12.2 Å². The molecule has 0 saturated heterocycles. The number of benzene rings is 1. The first-order chi connectivity index (χ1) is 12.8. The summed E-state index contributed by atoms with van der Waals surface area (Å²) in [6.07, 6.45) is 1.76. The van der Waals surface area contributed by atoms with Crippen LogP contribution in [0.25, 0.3) is 21.8 Å². The van der Waals surface area contributed by atoms with Crippen molar-refractivity contribution in [2.45, 2.75) is 6.54 Å². The van der Waals surface area contributed by atoms with E-state index in [9.17, 15) is 4.79 Å². The molecule has 3 aromatic heterocycles. The van der Waals surface area contributed by atoms with Gasteiger partial charge in [0.25, 0.3) is 5.91 Å². The Bertz CT molecular complexity index is 1010. The zero-order valence-electron chi connectivity index (χ0n) is 13.8. The molecular formula is C20H16N4OS. The maximum atomic E-state index is 12.4. The topological polar surface area (TPSA) is 70.7 Å². The average molecular weight is 360 g/mol. The van der Waals surface area contributed by atoms with Crippen molar-refractivity contribution in [2.24, 2.45) is 0 Å². The molecule has 1 aromatic carbocycles. The number of pyridine rings is 1. The predicted molar refractivity (Wildman–Crippen MR) is 103 cm³/mol. The molecule has 2 N–H and O–H groups in total. The molecule has 0 atom stereocenters. The van der Waals surface area contributed by atoms with E-state index < -0.39 is 0 Å². The molecule has 4 rings (SSSR count). The summed E-state index contributed by atoms with van der Waals surface area (Å²) < 4.78 is 0. The van der Waals surface area contributed by atoms with Gasteiger partial charge in [0.1, 0.15) is 5.69 Å². The second kappa shape index (κ2) is 7.33. The van der Waals surface area contributed by atoms with Gasteiger partial charge in [0.05, 0.1) is 16.3 Å². The highest BCUT2D eigenvalue weighted by atomic mass is 32.1. The van der Waals surface area contributed by atoms with E-state index in [0.717, 1.165) is 27.4 Å². The second-order valence-electron chi connectivity index (χ2n) is 5.74. The zero-order valence-corrected chi connectivity index (χ0v) is 14.7. The molecule has 3 heterocycles. The molecule has 0 bridgehead atoms. The molecule has 0 radical (unpaired) electrons. The van der Waals surface area contributed by atoms with Gasteiger partial charge in [0, 0.05) is 18.3 Å². The first-order valence-corrected chi connectivity index (χ1v) is 9.05. The van der Waals surface area contributed by atoms with Crippen molar-refractivity contribution in [3.63, 3.8) is 0 Å². The fraction of sp³-hybridized carbons (Fsp3) is 0.0500. The van der Waals surface area contributed by atoms with Crippen LogP contribution in [0, 0.1) is 0 Å². The van der Waals surface area contributed by atoms with E-state index in [-0.39, 0.29) is 5.91 Å². The number of hydrogen-bond donors (Lipinski definition) is 2. The quantitative estimate of drug-likeness (QED) is 0.562. The Kier molecular flexibility index (Phi) is 4.57. The Morgan fingerprint density at radius 3 is 2.73 bits per heavy atom. The maximum Gasteiger partial charge on any atom is 0.269 e. The standard InChI is InChI=1S/C20H16N4OS/c25-20(18-12-16(23-24-18)15-5-2-1-3-6-15)22-13-14-8-9-21-17(11-14)19-7-4-10-26-19/h1-12H,13H2,(H,22,25)(H,23,24). The monoisotopic (exact) mass is 360 g/mol. The number of amides is 1. The largest absolute Gasteiger partial charge is 0.347 e. The number of H-pyrrole nitrogens is 1. The number of aromatic amines is 1. The number of carbonyl (C=O) groups excluding carboxylic acids is 1. The van der Waals surface area contributed by atoms with Crippen molar-refractivity contribution in [2.75, 3.05) is 0 Å². The molecule has 26 heavy (non-hydrogen) atoms. The van der Waals surface area contributed by atoms with Crippen LogP contribution in [0.3, 0.4) is 0 Å². The van der Waals surface area contributed by atoms with Crippen molar-refractivity contribution in [1.29, 1.82) is 0 Å². The fourth-order valence-corrected chi connectivity index (χ4v) is 3.31. The van der Waals surface area contributed by atoms with Gasteiger partial charge in [-0.2, -0.15) is 5.10 Å². The van der Waals surface area contributed by atoms with Crippen LogP contribution in [-0.4, -0.2) is 21.1 Å². The van der Waals surface area contributed by atoms with Crippen LogP contribution >= 0.6 is 11.3 Å². The van der Waals surface area contributed by atoms with E-state index in [1.165, 1.54) is 0 Å². The van der Waals surface area contributed by atoms with Gasteiger partial charge in [0.2, 0.25) is 0 Å². The van der Waals surface area contributed by atoms with Gasteiger partial charge in [-0.3, -0.25) is 14.9 Å². The highest BCUT2D eigenvalue weighted by Gasteiger charge is 2.11. The summed E-state index contributed by atoms with van der Waals surface area (Å²) in [6.45, 7) is 0.430. The fourth-order valence-electron chi connectivity index (χ4n) is 2.62. The molecule has 0 spiro atoms. The molecule has 6 heteroatoms.